The van der Waals surface area contributed by atoms with Crippen molar-refractivity contribution in [3.63, 3.8) is 0 Å². The molecule has 0 bridgehead atoms. The lowest BCUT2D eigenvalue weighted by Gasteiger charge is -1.97. The monoisotopic (exact) mass is 170 g/mol. The lowest BCUT2D eigenvalue weighted by molar-refractivity contribution is 0.0937. The van der Waals surface area contributed by atoms with E-state index in [-0.39, 0.29) is 19.1 Å². The SMILES string of the molecule is [O]CCNC(=O)c1cccs1. The first-order chi connectivity index (χ1) is 5.34. The van der Waals surface area contributed by atoms with Gasteiger partial charge >= 0.3 is 0 Å². The number of amides is 1. The van der Waals surface area contributed by atoms with E-state index in [4.69, 9.17) is 0 Å². The average Bonchev–Trinajstić information content (AvgIpc) is 2.52. The van der Waals surface area contributed by atoms with Crippen LogP contribution in [-0.4, -0.2) is 19.1 Å². The van der Waals surface area contributed by atoms with Crippen LogP contribution in [0.3, 0.4) is 0 Å². The van der Waals surface area contributed by atoms with E-state index in [2.05, 4.69) is 5.32 Å². The molecule has 0 aliphatic heterocycles. The smallest absolute Gasteiger partial charge is 0.261 e. The molecule has 1 radical (unpaired) electrons. The van der Waals surface area contributed by atoms with Gasteiger partial charge in [0.05, 0.1) is 11.5 Å². The summed E-state index contributed by atoms with van der Waals surface area (Å²) in [6.07, 6.45) is 0. The molecule has 1 N–H and O–H groups in total. The van der Waals surface area contributed by atoms with Gasteiger partial charge in [-0.3, -0.25) is 4.79 Å². The van der Waals surface area contributed by atoms with Crippen LogP contribution in [0.4, 0.5) is 0 Å². The highest BCUT2D eigenvalue weighted by Gasteiger charge is 2.03. The zero-order valence-corrected chi connectivity index (χ0v) is 6.69. The van der Waals surface area contributed by atoms with E-state index in [1.807, 2.05) is 5.38 Å². The van der Waals surface area contributed by atoms with E-state index in [1.165, 1.54) is 11.3 Å². The van der Waals surface area contributed by atoms with Crippen LogP contribution in [0.2, 0.25) is 0 Å². The maximum atomic E-state index is 11.0. The first-order valence-electron chi connectivity index (χ1n) is 3.24. The molecule has 1 rings (SSSR count). The Kier molecular flexibility index (Phi) is 3.07. The van der Waals surface area contributed by atoms with Crippen molar-refractivity contribution in [1.82, 2.24) is 5.32 Å². The van der Waals surface area contributed by atoms with Crippen LogP contribution in [0.15, 0.2) is 17.5 Å². The van der Waals surface area contributed by atoms with Gasteiger partial charge in [-0.1, -0.05) is 6.07 Å². The van der Waals surface area contributed by atoms with E-state index < -0.39 is 0 Å². The van der Waals surface area contributed by atoms with Crippen LogP contribution >= 0.6 is 11.3 Å². The second kappa shape index (κ2) is 4.10. The molecule has 0 atom stereocenters. The molecule has 1 aromatic heterocycles. The Hall–Kier alpha value is -0.870. The molecule has 0 aromatic carbocycles. The van der Waals surface area contributed by atoms with Gasteiger partial charge in [-0.15, -0.1) is 11.3 Å². The van der Waals surface area contributed by atoms with Crippen molar-refractivity contribution in [3.05, 3.63) is 22.4 Å². The largest absolute Gasteiger partial charge is 0.349 e. The number of hydrogen-bond donors (Lipinski definition) is 1. The third-order valence-corrected chi connectivity index (χ3v) is 2.00. The average molecular weight is 170 g/mol. The standard InChI is InChI=1S/C7H8NO2S/c9-4-3-8-7(10)6-2-1-5-11-6/h1-2,5H,3-4H2,(H,8,10). The zero-order chi connectivity index (χ0) is 8.10. The second-order valence-electron chi connectivity index (χ2n) is 1.94. The van der Waals surface area contributed by atoms with Crippen LogP contribution in [-0.2, 0) is 5.11 Å². The van der Waals surface area contributed by atoms with E-state index in [1.54, 1.807) is 12.1 Å². The normalized spacial score (nSPS) is 9.55. The minimum Gasteiger partial charge on any atom is -0.349 e. The highest BCUT2D eigenvalue weighted by atomic mass is 32.1. The van der Waals surface area contributed by atoms with Crippen molar-refractivity contribution in [3.8, 4) is 0 Å². The van der Waals surface area contributed by atoms with Gasteiger partial charge in [0.1, 0.15) is 0 Å². The Bertz CT molecular complexity index is 220. The molecule has 0 aliphatic carbocycles. The fourth-order valence-electron chi connectivity index (χ4n) is 0.659. The zero-order valence-electron chi connectivity index (χ0n) is 5.87. The number of carbonyl (C=O) groups excluding carboxylic acids is 1. The lowest BCUT2D eigenvalue weighted by atomic mass is 10.4. The van der Waals surface area contributed by atoms with Crippen molar-refractivity contribution in [2.45, 2.75) is 0 Å². The van der Waals surface area contributed by atoms with Crippen molar-refractivity contribution in [2.75, 3.05) is 13.2 Å². The van der Waals surface area contributed by atoms with E-state index in [0.717, 1.165) is 0 Å². The molecule has 0 saturated heterocycles. The summed E-state index contributed by atoms with van der Waals surface area (Å²) in [6.45, 7) is -0.0617. The number of nitrogens with one attached hydrogen (secondary N) is 1. The molecule has 1 aromatic rings. The van der Waals surface area contributed by atoms with Crippen molar-refractivity contribution >= 4 is 17.2 Å². The summed E-state index contributed by atoms with van der Waals surface area (Å²) < 4.78 is 0. The van der Waals surface area contributed by atoms with Crippen LogP contribution in [0.25, 0.3) is 0 Å². The van der Waals surface area contributed by atoms with Gasteiger partial charge in [-0.25, -0.2) is 5.11 Å². The maximum absolute atomic E-state index is 11.0. The summed E-state index contributed by atoms with van der Waals surface area (Å²) in [6, 6.07) is 3.53. The molecular formula is C7H8NO2S. The first kappa shape index (κ1) is 8.23. The van der Waals surface area contributed by atoms with Gasteiger partial charge in [0.15, 0.2) is 0 Å². The number of rotatable bonds is 3. The number of thiophene rings is 1. The maximum Gasteiger partial charge on any atom is 0.261 e. The second-order valence-corrected chi connectivity index (χ2v) is 2.89. The van der Waals surface area contributed by atoms with E-state index in [0.29, 0.717) is 4.88 Å². The van der Waals surface area contributed by atoms with Gasteiger partial charge in [0.2, 0.25) is 0 Å². The quantitative estimate of drug-likeness (QED) is 0.720. The lowest BCUT2D eigenvalue weighted by Crippen LogP contribution is -2.25. The van der Waals surface area contributed by atoms with Gasteiger partial charge in [-0.2, -0.15) is 0 Å². The highest BCUT2D eigenvalue weighted by Crippen LogP contribution is 2.07. The molecule has 0 aliphatic rings. The summed E-state index contributed by atoms with van der Waals surface area (Å²) in [7, 11) is 0. The van der Waals surface area contributed by atoms with Gasteiger partial charge in [0, 0.05) is 6.54 Å². The van der Waals surface area contributed by atoms with Crippen molar-refractivity contribution in [2.24, 2.45) is 0 Å². The Morgan fingerprint density at radius 2 is 2.45 bits per heavy atom. The fraction of sp³-hybridized carbons (Fsp3) is 0.286. The molecule has 0 unspecified atom stereocenters. The minimum absolute atomic E-state index is 0.157. The number of hydrogen-bond acceptors (Lipinski definition) is 2. The molecular weight excluding hydrogens is 162 g/mol. The summed E-state index contributed by atoms with van der Waals surface area (Å²) in [5.74, 6) is -0.157. The minimum atomic E-state index is -0.267. The molecule has 11 heavy (non-hydrogen) atoms. The van der Waals surface area contributed by atoms with E-state index in [9.17, 15) is 9.90 Å². The van der Waals surface area contributed by atoms with Crippen LogP contribution in [0, 0.1) is 0 Å². The first-order valence-corrected chi connectivity index (χ1v) is 4.12. The molecule has 0 saturated carbocycles. The fourth-order valence-corrected chi connectivity index (χ4v) is 1.30. The summed E-state index contributed by atoms with van der Waals surface area (Å²) in [4.78, 5) is 11.7. The Balaban J connectivity index is 2.43. The topological polar surface area (TPSA) is 49.0 Å². The molecule has 1 heterocycles. The molecule has 3 nitrogen and oxygen atoms in total. The molecule has 4 heteroatoms. The molecule has 0 spiro atoms. The van der Waals surface area contributed by atoms with Crippen LogP contribution in [0.1, 0.15) is 9.67 Å². The Morgan fingerprint density at radius 3 is 3.00 bits per heavy atom. The van der Waals surface area contributed by atoms with E-state index >= 15 is 0 Å². The molecule has 0 fully saturated rings. The van der Waals surface area contributed by atoms with Crippen LogP contribution < -0.4 is 5.32 Å². The predicted molar refractivity (Wildman–Crippen MR) is 42.2 cm³/mol. The summed E-state index contributed by atoms with van der Waals surface area (Å²) in [5.41, 5.74) is 0. The molecule has 1 amide bonds. The van der Waals surface area contributed by atoms with Gasteiger partial charge in [-0.05, 0) is 11.4 Å². The van der Waals surface area contributed by atoms with Crippen LogP contribution in [0.5, 0.6) is 0 Å². The van der Waals surface area contributed by atoms with Crippen molar-refractivity contribution in [1.29, 1.82) is 0 Å². The van der Waals surface area contributed by atoms with Gasteiger partial charge in [0.25, 0.3) is 5.91 Å². The Morgan fingerprint density at radius 1 is 1.64 bits per heavy atom. The molecule has 59 valence electrons. The summed E-state index contributed by atoms with van der Waals surface area (Å²) in [5, 5.41) is 14.3. The highest BCUT2D eigenvalue weighted by molar-refractivity contribution is 7.12. The Labute approximate surface area is 68.7 Å². The third-order valence-electron chi connectivity index (χ3n) is 1.13. The summed E-state index contributed by atoms with van der Waals surface area (Å²) >= 11 is 1.37. The van der Waals surface area contributed by atoms with Crippen molar-refractivity contribution < 1.29 is 9.90 Å². The predicted octanol–water partition coefficient (Wildman–Crippen LogP) is 0.908. The van der Waals surface area contributed by atoms with Gasteiger partial charge < -0.3 is 5.32 Å². The number of carbonyl (C=O) groups is 1. The third kappa shape index (κ3) is 2.32.